The van der Waals surface area contributed by atoms with Crippen LogP contribution in [-0.4, -0.2) is 53.3 Å². The highest BCUT2D eigenvalue weighted by Crippen LogP contribution is 2.49. The van der Waals surface area contributed by atoms with Crippen molar-refractivity contribution in [3.8, 4) is 5.75 Å². The number of anilines is 1. The molecule has 1 saturated carbocycles. The number of aliphatic hydroxyl groups is 1. The first-order valence-electron chi connectivity index (χ1n) is 12.5. The third-order valence-corrected chi connectivity index (χ3v) is 7.42. The molecule has 2 N–H and O–H groups in total. The van der Waals surface area contributed by atoms with Gasteiger partial charge in [0, 0.05) is 19.2 Å². The number of amides is 1. The van der Waals surface area contributed by atoms with Crippen LogP contribution in [0.15, 0.2) is 30.6 Å². The minimum absolute atomic E-state index is 0.0602. The normalized spacial score (nSPS) is 21.0. The third-order valence-electron chi connectivity index (χ3n) is 7.22. The Bertz CT molecular complexity index is 981. The average Bonchev–Trinajstić information content (AvgIpc) is 3.64. The van der Waals surface area contributed by atoms with Gasteiger partial charge in [0.25, 0.3) is 0 Å². The van der Waals surface area contributed by atoms with Crippen LogP contribution < -0.4 is 15.0 Å². The first-order chi connectivity index (χ1) is 17.0. The minimum Gasteiger partial charge on any atom is -0.493 e. The van der Waals surface area contributed by atoms with Crippen molar-refractivity contribution in [1.82, 2.24) is 15.3 Å². The maximum atomic E-state index is 14.5. The first-order valence-corrected chi connectivity index (χ1v) is 12.9. The molecule has 190 valence electrons. The highest BCUT2D eigenvalue weighted by Gasteiger charge is 2.43. The van der Waals surface area contributed by atoms with E-state index in [0.29, 0.717) is 35.3 Å². The fraction of sp³-hybridized carbons (Fsp3) is 0.577. The molecule has 1 amide bonds. The van der Waals surface area contributed by atoms with Gasteiger partial charge in [0.05, 0.1) is 43.1 Å². The molecule has 0 radical (unpaired) electrons. The summed E-state index contributed by atoms with van der Waals surface area (Å²) in [6.07, 6.45) is 8.34. The van der Waals surface area contributed by atoms with Crippen LogP contribution in [0.4, 0.5) is 10.3 Å². The first kappa shape index (κ1) is 25.6. The molecule has 1 aromatic heterocycles. The number of nitrogens with one attached hydrogen (secondary N) is 1. The second-order valence-electron chi connectivity index (χ2n) is 9.61. The van der Waals surface area contributed by atoms with Crippen molar-refractivity contribution in [2.75, 3.05) is 31.2 Å². The molecular formula is C26H34ClFN4O3. The van der Waals surface area contributed by atoms with E-state index in [0.717, 1.165) is 50.1 Å². The lowest BCUT2D eigenvalue weighted by Gasteiger charge is -2.32. The lowest BCUT2D eigenvalue weighted by Crippen LogP contribution is -2.37. The van der Waals surface area contributed by atoms with Crippen LogP contribution in [-0.2, 0) is 11.2 Å². The number of rotatable bonds is 11. The number of piperidine rings is 1. The number of hydrogen-bond donors (Lipinski definition) is 2. The average molecular weight is 505 g/mol. The van der Waals surface area contributed by atoms with Crippen LogP contribution in [0.25, 0.3) is 0 Å². The molecule has 4 rings (SSSR count). The van der Waals surface area contributed by atoms with Crippen molar-refractivity contribution in [3.05, 3.63) is 47.0 Å². The Morgan fingerprint density at radius 1 is 1.31 bits per heavy atom. The molecule has 0 bridgehead atoms. The van der Waals surface area contributed by atoms with Gasteiger partial charge >= 0.3 is 0 Å². The van der Waals surface area contributed by atoms with Crippen molar-refractivity contribution in [2.45, 2.75) is 51.5 Å². The van der Waals surface area contributed by atoms with E-state index in [-0.39, 0.29) is 25.0 Å². The molecule has 0 spiro atoms. The number of nitrogens with zero attached hydrogens (tertiary/aromatic N) is 3. The van der Waals surface area contributed by atoms with Gasteiger partial charge in [-0.2, -0.15) is 0 Å². The summed E-state index contributed by atoms with van der Waals surface area (Å²) in [5, 5.41) is 12.5. The third kappa shape index (κ3) is 7.04. The second kappa shape index (κ2) is 12.0. The second-order valence-corrected chi connectivity index (χ2v) is 10.0. The number of halogens is 2. The standard InChI is InChI=1S/C26H34ClFN4O3/c1-2-21(16-33)31-25(34)12-19-3-4-22(13-24(19)28)35-10-7-18-11-23(18)17-5-8-32(9-6-17)26-29-14-20(27)15-30-26/h3-4,13-15,17-18,21,23,33H,2,5-12,16H2,1H3,(H,31,34). The molecule has 1 aliphatic carbocycles. The van der Waals surface area contributed by atoms with E-state index in [9.17, 15) is 14.3 Å². The zero-order chi connectivity index (χ0) is 24.8. The molecule has 7 nitrogen and oxygen atoms in total. The van der Waals surface area contributed by atoms with E-state index in [1.165, 1.54) is 12.5 Å². The van der Waals surface area contributed by atoms with Crippen LogP contribution in [0.5, 0.6) is 5.75 Å². The molecule has 1 aromatic carbocycles. The monoisotopic (exact) mass is 504 g/mol. The van der Waals surface area contributed by atoms with Gasteiger partial charge in [-0.1, -0.05) is 24.6 Å². The largest absolute Gasteiger partial charge is 0.493 e. The molecular weight excluding hydrogens is 471 g/mol. The molecule has 35 heavy (non-hydrogen) atoms. The van der Waals surface area contributed by atoms with E-state index in [2.05, 4.69) is 20.2 Å². The number of benzene rings is 1. The maximum absolute atomic E-state index is 14.5. The van der Waals surface area contributed by atoms with Crippen LogP contribution in [0.3, 0.4) is 0 Å². The minimum atomic E-state index is -0.449. The SMILES string of the molecule is CCC(CO)NC(=O)Cc1ccc(OCCC2CC2C2CCN(c3ncc(Cl)cn3)CC2)cc1F. The van der Waals surface area contributed by atoms with Crippen LogP contribution in [0.2, 0.25) is 5.02 Å². The zero-order valence-electron chi connectivity index (χ0n) is 20.1. The van der Waals surface area contributed by atoms with Crippen LogP contribution >= 0.6 is 11.6 Å². The Labute approximate surface area is 211 Å². The molecule has 1 aliphatic heterocycles. The van der Waals surface area contributed by atoms with Crippen LogP contribution in [0.1, 0.15) is 44.6 Å². The molecule has 2 aliphatic rings. The van der Waals surface area contributed by atoms with Crippen molar-refractivity contribution in [3.63, 3.8) is 0 Å². The van der Waals surface area contributed by atoms with Crippen LogP contribution in [0, 0.1) is 23.6 Å². The number of hydrogen-bond acceptors (Lipinski definition) is 6. The fourth-order valence-electron chi connectivity index (χ4n) is 4.99. The Morgan fingerprint density at radius 3 is 2.71 bits per heavy atom. The van der Waals surface area contributed by atoms with E-state index in [1.807, 2.05) is 6.92 Å². The molecule has 3 atom stereocenters. The molecule has 2 aromatic rings. The zero-order valence-corrected chi connectivity index (χ0v) is 20.9. The fourth-order valence-corrected chi connectivity index (χ4v) is 5.09. The van der Waals surface area contributed by atoms with Gasteiger partial charge < -0.3 is 20.1 Å². The molecule has 3 unspecified atom stereocenters. The van der Waals surface area contributed by atoms with E-state index >= 15 is 0 Å². The lowest BCUT2D eigenvalue weighted by atomic mass is 9.90. The molecule has 2 fully saturated rings. The summed E-state index contributed by atoms with van der Waals surface area (Å²) in [7, 11) is 0. The summed E-state index contributed by atoms with van der Waals surface area (Å²) in [6.45, 7) is 4.24. The van der Waals surface area contributed by atoms with Gasteiger partial charge in [0.2, 0.25) is 11.9 Å². The predicted molar refractivity (Wildman–Crippen MR) is 133 cm³/mol. The lowest BCUT2D eigenvalue weighted by molar-refractivity contribution is -0.121. The highest BCUT2D eigenvalue weighted by atomic mass is 35.5. The number of aromatic nitrogens is 2. The van der Waals surface area contributed by atoms with Gasteiger partial charge in [-0.25, -0.2) is 14.4 Å². The van der Waals surface area contributed by atoms with E-state index < -0.39 is 5.82 Å². The van der Waals surface area contributed by atoms with Gasteiger partial charge in [-0.3, -0.25) is 4.79 Å². The van der Waals surface area contributed by atoms with Crippen molar-refractivity contribution >= 4 is 23.5 Å². The topological polar surface area (TPSA) is 87.6 Å². The number of carbonyl (C=O) groups is 1. The number of ether oxygens (including phenoxy) is 1. The van der Waals surface area contributed by atoms with E-state index in [4.69, 9.17) is 16.3 Å². The van der Waals surface area contributed by atoms with Crippen molar-refractivity contribution in [1.29, 1.82) is 0 Å². The molecule has 1 saturated heterocycles. The summed E-state index contributed by atoms with van der Waals surface area (Å²) in [5.74, 6) is 2.63. The van der Waals surface area contributed by atoms with Gasteiger partial charge in [-0.05, 0) is 61.5 Å². The summed E-state index contributed by atoms with van der Waals surface area (Å²) >= 11 is 5.88. The number of carbonyl (C=O) groups excluding carboxylic acids is 1. The molecule has 2 heterocycles. The summed E-state index contributed by atoms with van der Waals surface area (Å²) in [4.78, 5) is 22.9. The Hall–Kier alpha value is -2.45. The van der Waals surface area contributed by atoms with Gasteiger partial charge in [0.1, 0.15) is 11.6 Å². The maximum Gasteiger partial charge on any atom is 0.225 e. The predicted octanol–water partition coefficient (Wildman–Crippen LogP) is 4.02. The summed E-state index contributed by atoms with van der Waals surface area (Å²) < 4.78 is 20.3. The quantitative estimate of drug-likeness (QED) is 0.480. The Balaban J connectivity index is 1.16. The van der Waals surface area contributed by atoms with Gasteiger partial charge in [0.15, 0.2) is 0 Å². The highest BCUT2D eigenvalue weighted by molar-refractivity contribution is 6.30. The Kier molecular flexibility index (Phi) is 8.78. The van der Waals surface area contributed by atoms with Crippen molar-refractivity contribution < 1.29 is 19.0 Å². The van der Waals surface area contributed by atoms with Crippen molar-refractivity contribution in [2.24, 2.45) is 17.8 Å². The van der Waals surface area contributed by atoms with Gasteiger partial charge in [-0.15, -0.1) is 0 Å². The molecule has 9 heteroatoms. The summed E-state index contributed by atoms with van der Waals surface area (Å²) in [6, 6.07) is 4.37. The number of aliphatic hydroxyl groups excluding tert-OH is 1. The Morgan fingerprint density at radius 2 is 2.06 bits per heavy atom. The smallest absolute Gasteiger partial charge is 0.225 e. The van der Waals surface area contributed by atoms with E-state index in [1.54, 1.807) is 24.5 Å². The summed E-state index contributed by atoms with van der Waals surface area (Å²) in [5.41, 5.74) is 0.320.